The molecule has 1 aromatic carbocycles. The van der Waals surface area contributed by atoms with Gasteiger partial charge in [0.25, 0.3) is 0 Å². The Morgan fingerprint density at radius 1 is 0.750 bits per heavy atom. The second-order valence-corrected chi connectivity index (χ2v) is 6.27. The van der Waals surface area contributed by atoms with Gasteiger partial charge in [-0.15, -0.1) is 0 Å². The van der Waals surface area contributed by atoms with E-state index in [-0.39, 0.29) is 32.5 Å². The van der Waals surface area contributed by atoms with E-state index in [4.69, 9.17) is 0 Å². The Bertz CT molecular complexity index is 324. The van der Waals surface area contributed by atoms with E-state index in [9.17, 15) is 5.11 Å². The van der Waals surface area contributed by atoms with Gasteiger partial charge in [-0.05, 0) is 34.1 Å². The zero-order valence-electron chi connectivity index (χ0n) is 11.2. The van der Waals surface area contributed by atoms with Gasteiger partial charge < -0.3 is 5.11 Å². The summed E-state index contributed by atoms with van der Waals surface area (Å²) in [7, 11) is 0. The Morgan fingerprint density at radius 3 is 1.31 bits per heavy atom. The van der Waals surface area contributed by atoms with Crippen LogP contribution in [0, 0.1) is 0 Å². The van der Waals surface area contributed by atoms with Crippen molar-refractivity contribution in [1.29, 1.82) is 0 Å². The summed E-state index contributed by atoms with van der Waals surface area (Å²) in [6, 6.07) is 5.91. The first-order valence-electron chi connectivity index (χ1n) is 5.46. The van der Waals surface area contributed by atoms with Crippen molar-refractivity contribution < 1.29 is 26.8 Å². The van der Waals surface area contributed by atoms with E-state index >= 15 is 0 Å². The van der Waals surface area contributed by atoms with Crippen LogP contribution in [0.1, 0.15) is 52.7 Å². The van der Waals surface area contributed by atoms with Crippen LogP contribution >= 0.6 is 0 Å². The van der Waals surface area contributed by atoms with Crippen molar-refractivity contribution in [2.45, 2.75) is 52.4 Å². The fourth-order valence-corrected chi connectivity index (χ4v) is 1.48. The van der Waals surface area contributed by atoms with E-state index in [1.165, 1.54) is 11.1 Å². The van der Waals surface area contributed by atoms with E-state index in [2.05, 4.69) is 47.6 Å². The van der Waals surface area contributed by atoms with Crippen molar-refractivity contribution >= 4 is 0 Å². The Labute approximate surface area is 114 Å². The molecule has 2 heteroatoms. The van der Waals surface area contributed by atoms with Crippen LogP contribution in [0.4, 0.5) is 0 Å². The zero-order chi connectivity index (χ0) is 11.9. The summed E-state index contributed by atoms with van der Waals surface area (Å²) in [4.78, 5) is 0. The predicted octanol–water partition coefficient (Wildman–Crippen LogP) is 3.98. The molecule has 1 aromatic rings. The summed E-state index contributed by atoms with van der Waals surface area (Å²) in [6.07, 6.45) is 0. The number of aromatic hydroxyl groups is 1. The van der Waals surface area contributed by atoms with Crippen LogP contribution in [0.3, 0.4) is 0 Å². The van der Waals surface area contributed by atoms with Crippen molar-refractivity contribution in [3.05, 3.63) is 29.3 Å². The van der Waals surface area contributed by atoms with Gasteiger partial charge in [-0.3, -0.25) is 0 Å². The minimum absolute atomic E-state index is 0. The quantitative estimate of drug-likeness (QED) is 0.694. The number of benzene rings is 1. The zero-order valence-corrected chi connectivity index (χ0v) is 12.7. The molecule has 16 heavy (non-hydrogen) atoms. The number of rotatable bonds is 0. The van der Waals surface area contributed by atoms with Gasteiger partial charge in [0.1, 0.15) is 5.75 Å². The number of hydrogen-bond donors (Lipinski definition) is 1. The van der Waals surface area contributed by atoms with Gasteiger partial charge in [0.05, 0.1) is 0 Å². The second-order valence-electron chi connectivity index (χ2n) is 6.27. The summed E-state index contributed by atoms with van der Waals surface area (Å²) in [6.45, 7) is 13.0. The maximum absolute atomic E-state index is 9.72. The maximum atomic E-state index is 9.72. The van der Waals surface area contributed by atoms with Gasteiger partial charge in [0.2, 0.25) is 0 Å². The third kappa shape index (κ3) is 3.95. The molecule has 0 unspecified atom stereocenters. The fraction of sp³-hybridized carbons (Fsp3) is 0.571. The third-order valence-corrected chi connectivity index (χ3v) is 2.65. The van der Waals surface area contributed by atoms with E-state index in [0.29, 0.717) is 5.75 Å². The molecule has 1 nitrogen and oxygen atoms in total. The van der Waals surface area contributed by atoms with Gasteiger partial charge in [0, 0.05) is 21.7 Å². The molecule has 0 radical (unpaired) electrons. The summed E-state index contributed by atoms with van der Waals surface area (Å²) < 4.78 is 0. The Hall–Kier alpha value is -0.266. The molecular formula is C14H22OTi. The number of hydrogen-bond acceptors (Lipinski definition) is 1. The van der Waals surface area contributed by atoms with Crippen molar-refractivity contribution in [3.8, 4) is 5.75 Å². The monoisotopic (exact) mass is 254 g/mol. The van der Waals surface area contributed by atoms with Crippen LogP contribution in [-0.4, -0.2) is 5.11 Å². The third-order valence-electron chi connectivity index (χ3n) is 2.65. The Morgan fingerprint density at radius 2 is 1.06 bits per heavy atom. The van der Waals surface area contributed by atoms with Crippen LogP contribution in [0.5, 0.6) is 5.75 Å². The average Bonchev–Trinajstić information content (AvgIpc) is 1.99. The molecule has 0 heterocycles. The van der Waals surface area contributed by atoms with Crippen LogP contribution in [0.25, 0.3) is 0 Å². The largest absolute Gasteiger partial charge is 0.508 e. The first kappa shape index (κ1) is 15.7. The van der Waals surface area contributed by atoms with Gasteiger partial charge in [-0.1, -0.05) is 47.6 Å². The number of phenolic OH excluding ortho intramolecular Hbond substituents is 1. The Balaban J connectivity index is 0.00000225. The average molecular weight is 254 g/mol. The minimum Gasteiger partial charge on any atom is -0.508 e. The van der Waals surface area contributed by atoms with Gasteiger partial charge >= 0.3 is 0 Å². The first-order chi connectivity index (χ1) is 6.60. The molecule has 0 aliphatic carbocycles. The van der Waals surface area contributed by atoms with Crippen LogP contribution < -0.4 is 0 Å². The molecule has 1 rings (SSSR count). The van der Waals surface area contributed by atoms with E-state index < -0.39 is 0 Å². The molecule has 0 aliphatic rings. The molecule has 1 N–H and O–H groups in total. The van der Waals surface area contributed by atoms with Gasteiger partial charge in [0.15, 0.2) is 0 Å². The predicted molar refractivity (Wildman–Crippen MR) is 65.5 cm³/mol. The summed E-state index contributed by atoms with van der Waals surface area (Å²) >= 11 is 0. The molecule has 0 aromatic heterocycles. The molecule has 0 saturated carbocycles. The molecule has 0 aliphatic heterocycles. The molecule has 0 amide bonds. The van der Waals surface area contributed by atoms with Crippen LogP contribution in [-0.2, 0) is 32.5 Å². The maximum Gasteiger partial charge on any atom is 0.116 e. The van der Waals surface area contributed by atoms with E-state index in [1.807, 2.05) is 12.1 Å². The smallest absolute Gasteiger partial charge is 0.116 e. The number of phenols is 1. The second kappa shape index (κ2) is 4.93. The van der Waals surface area contributed by atoms with Crippen molar-refractivity contribution in [2.24, 2.45) is 0 Å². The SMILES string of the molecule is CC(C)(C)c1cc(O)cc(C(C)(C)C)c1.[Ti]. The van der Waals surface area contributed by atoms with Crippen LogP contribution in [0.15, 0.2) is 18.2 Å². The molecule has 0 fully saturated rings. The van der Waals surface area contributed by atoms with E-state index in [0.717, 1.165) is 0 Å². The molecule has 0 bridgehead atoms. The summed E-state index contributed by atoms with van der Waals surface area (Å²) in [5.41, 5.74) is 2.54. The van der Waals surface area contributed by atoms with E-state index in [1.54, 1.807) is 0 Å². The fourth-order valence-electron chi connectivity index (χ4n) is 1.48. The molecule has 0 saturated heterocycles. The Kier molecular flexibility index (Phi) is 4.85. The summed E-state index contributed by atoms with van der Waals surface area (Å²) in [5.74, 6) is 0.368. The molecule has 0 atom stereocenters. The first-order valence-corrected chi connectivity index (χ1v) is 5.46. The minimum atomic E-state index is 0. The van der Waals surface area contributed by atoms with Crippen molar-refractivity contribution in [3.63, 3.8) is 0 Å². The van der Waals surface area contributed by atoms with Crippen molar-refractivity contribution in [2.75, 3.05) is 0 Å². The van der Waals surface area contributed by atoms with Gasteiger partial charge in [-0.2, -0.15) is 0 Å². The molecule has 0 spiro atoms. The topological polar surface area (TPSA) is 20.2 Å². The molecular weight excluding hydrogens is 232 g/mol. The van der Waals surface area contributed by atoms with Crippen LogP contribution in [0.2, 0.25) is 0 Å². The summed E-state index contributed by atoms with van der Waals surface area (Å²) in [5, 5.41) is 9.72. The standard InChI is InChI=1S/C14H22O.Ti/c1-13(2,3)10-7-11(14(4,5)6)9-12(15)8-10;/h7-9,15H,1-6H3;. The van der Waals surface area contributed by atoms with Crippen molar-refractivity contribution in [1.82, 2.24) is 0 Å². The normalized spacial score (nSPS) is 12.1. The van der Waals surface area contributed by atoms with Gasteiger partial charge in [-0.25, -0.2) is 0 Å². The molecule has 88 valence electrons.